The maximum absolute atomic E-state index is 5.66. The molecule has 0 fully saturated rings. The predicted octanol–water partition coefficient (Wildman–Crippen LogP) is 3.31. The number of anilines is 1. The van der Waals surface area contributed by atoms with Gasteiger partial charge in [-0.1, -0.05) is 12.1 Å². The van der Waals surface area contributed by atoms with Crippen LogP contribution in [-0.4, -0.2) is 5.16 Å². The number of hydrogen-bond acceptors (Lipinski definition) is 4. The van der Waals surface area contributed by atoms with Crippen LogP contribution in [0.3, 0.4) is 0 Å². The third-order valence-corrected chi connectivity index (χ3v) is 3.61. The molecule has 0 saturated heterocycles. The summed E-state index contributed by atoms with van der Waals surface area (Å²) in [6.07, 6.45) is 0.834. The van der Waals surface area contributed by atoms with Crippen LogP contribution >= 0.6 is 27.3 Å². The van der Waals surface area contributed by atoms with E-state index in [1.54, 1.807) is 11.3 Å². The lowest BCUT2D eigenvalue weighted by Crippen LogP contribution is -1.88. The summed E-state index contributed by atoms with van der Waals surface area (Å²) in [6, 6.07) is 4.00. The number of halogens is 1. The number of nitrogen functional groups attached to an aromatic ring is 1. The number of aromatic nitrogens is 1. The third kappa shape index (κ3) is 1.57. The van der Waals surface area contributed by atoms with Gasteiger partial charge in [-0.25, -0.2) is 0 Å². The van der Waals surface area contributed by atoms with Gasteiger partial charge in [0.1, 0.15) is 5.69 Å². The second-order valence-electron chi connectivity index (χ2n) is 2.83. The largest absolute Gasteiger partial charge is 0.367 e. The minimum Gasteiger partial charge on any atom is -0.367 e. The Morgan fingerprint density at radius 1 is 1.57 bits per heavy atom. The molecule has 0 aliphatic heterocycles. The summed E-state index contributed by atoms with van der Waals surface area (Å²) < 4.78 is 6.05. The standard InChI is InChI=1S/C9H9BrN2OS/c1-2-5-8(12-13-9(5)11)6-3-4-7(10)14-6/h3-4H,2,11H2,1H3. The molecule has 5 heteroatoms. The molecule has 0 aliphatic rings. The molecule has 0 aromatic carbocycles. The van der Waals surface area contributed by atoms with Crippen LogP contribution < -0.4 is 5.73 Å². The highest BCUT2D eigenvalue weighted by molar-refractivity contribution is 9.11. The monoisotopic (exact) mass is 272 g/mol. The second-order valence-corrected chi connectivity index (χ2v) is 5.29. The number of nitrogens with zero attached hydrogens (tertiary/aromatic N) is 1. The molecule has 2 heterocycles. The first-order valence-corrected chi connectivity index (χ1v) is 5.83. The van der Waals surface area contributed by atoms with E-state index in [0.717, 1.165) is 26.3 Å². The first-order valence-electron chi connectivity index (χ1n) is 4.22. The van der Waals surface area contributed by atoms with Crippen molar-refractivity contribution in [2.75, 3.05) is 5.73 Å². The predicted molar refractivity (Wildman–Crippen MR) is 61.3 cm³/mol. The minimum absolute atomic E-state index is 0.423. The van der Waals surface area contributed by atoms with E-state index in [1.807, 2.05) is 19.1 Å². The fourth-order valence-corrected chi connectivity index (χ4v) is 2.69. The summed E-state index contributed by atoms with van der Waals surface area (Å²) >= 11 is 5.03. The van der Waals surface area contributed by atoms with Gasteiger partial charge < -0.3 is 10.3 Å². The van der Waals surface area contributed by atoms with Gasteiger partial charge in [0.15, 0.2) is 0 Å². The van der Waals surface area contributed by atoms with Gasteiger partial charge in [-0.05, 0) is 34.5 Å². The number of thiophene rings is 1. The van der Waals surface area contributed by atoms with E-state index in [9.17, 15) is 0 Å². The number of nitrogens with two attached hydrogens (primary N) is 1. The molecule has 2 aromatic heterocycles. The number of rotatable bonds is 2. The molecule has 0 atom stereocenters. The van der Waals surface area contributed by atoms with Crippen molar-refractivity contribution in [1.29, 1.82) is 0 Å². The van der Waals surface area contributed by atoms with Crippen LogP contribution in [-0.2, 0) is 6.42 Å². The molecule has 0 amide bonds. The van der Waals surface area contributed by atoms with Gasteiger partial charge in [-0.3, -0.25) is 0 Å². The Bertz CT molecular complexity index is 449. The van der Waals surface area contributed by atoms with Crippen molar-refractivity contribution in [2.45, 2.75) is 13.3 Å². The zero-order chi connectivity index (χ0) is 10.1. The van der Waals surface area contributed by atoms with E-state index in [4.69, 9.17) is 10.3 Å². The van der Waals surface area contributed by atoms with Crippen molar-refractivity contribution in [1.82, 2.24) is 5.16 Å². The quantitative estimate of drug-likeness (QED) is 0.913. The van der Waals surface area contributed by atoms with E-state index >= 15 is 0 Å². The van der Waals surface area contributed by atoms with E-state index in [-0.39, 0.29) is 0 Å². The van der Waals surface area contributed by atoms with Crippen molar-refractivity contribution in [2.24, 2.45) is 0 Å². The van der Waals surface area contributed by atoms with Gasteiger partial charge in [-0.15, -0.1) is 11.3 Å². The van der Waals surface area contributed by atoms with Crippen molar-refractivity contribution in [3.05, 3.63) is 21.5 Å². The molecular formula is C9H9BrN2OS. The maximum atomic E-state index is 5.66. The highest BCUT2D eigenvalue weighted by atomic mass is 79.9. The maximum Gasteiger partial charge on any atom is 0.225 e. The Morgan fingerprint density at radius 3 is 2.93 bits per heavy atom. The normalized spacial score (nSPS) is 10.7. The van der Waals surface area contributed by atoms with Gasteiger partial charge in [0.25, 0.3) is 0 Å². The molecule has 2 rings (SSSR count). The third-order valence-electron chi connectivity index (χ3n) is 1.98. The topological polar surface area (TPSA) is 52.0 Å². The van der Waals surface area contributed by atoms with Gasteiger partial charge in [-0.2, -0.15) is 0 Å². The van der Waals surface area contributed by atoms with Gasteiger partial charge in [0.05, 0.1) is 8.66 Å². The minimum atomic E-state index is 0.423. The summed E-state index contributed by atoms with van der Waals surface area (Å²) in [6.45, 7) is 2.04. The molecule has 3 nitrogen and oxygen atoms in total. The van der Waals surface area contributed by atoms with Crippen LogP contribution in [0.25, 0.3) is 10.6 Å². The molecular weight excluding hydrogens is 264 g/mol. The molecule has 2 N–H and O–H groups in total. The Morgan fingerprint density at radius 2 is 2.36 bits per heavy atom. The Labute approximate surface area is 94.0 Å². The lowest BCUT2D eigenvalue weighted by molar-refractivity contribution is 0.439. The Kier molecular flexibility index (Phi) is 2.60. The van der Waals surface area contributed by atoms with Crippen molar-refractivity contribution >= 4 is 33.2 Å². The smallest absolute Gasteiger partial charge is 0.225 e. The van der Waals surface area contributed by atoms with Crippen molar-refractivity contribution < 1.29 is 4.52 Å². The first kappa shape index (κ1) is 9.73. The van der Waals surface area contributed by atoms with Crippen molar-refractivity contribution in [3.8, 4) is 10.6 Å². The average Bonchev–Trinajstić information content (AvgIpc) is 2.71. The molecule has 2 aromatic rings. The lowest BCUT2D eigenvalue weighted by atomic mass is 10.1. The Hall–Kier alpha value is -0.810. The van der Waals surface area contributed by atoms with Crippen LogP contribution in [0.15, 0.2) is 20.4 Å². The molecule has 0 spiro atoms. The van der Waals surface area contributed by atoms with Crippen molar-refractivity contribution in [3.63, 3.8) is 0 Å². The molecule has 0 aliphatic carbocycles. The zero-order valence-electron chi connectivity index (χ0n) is 7.58. The lowest BCUT2D eigenvalue weighted by Gasteiger charge is -1.93. The van der Waals surface area contributed by atoms with E-state index in [1.165, 1.54) is 0 Å². The van der Waals surface area contributed by atoms with Crippen LogP contribution in [0.1, 0.15) is 12.5 Å². The molecule has 0 radical (unpaired) electrons. The van der Waals surface area contributed by atoms with Crippen LogP contribution in [0, 0.1) is 0 Å². The van der Waals surface area contributed by atoms with Gasteiger partial charge >= 0.3 is 0 Å². The average molecular weight is 273 g/mol. The van der Waals surface area contributed by atoms with E-state index < -0.39 is 0 Å². The molecule has 0 unspecified atom stereocenters. The summed E-state index contributed by atoms with van der Waals surface area (Å²) in [5.74, 6) is 0.423. The highest BCUT2D eigenvalue weighted by Crippen LogP contribution is 2.34. The molecule has 14 heavy (non-hydrogen) atoms. The van der Waals surface area contributed by atoms with Crippen LogP contribution in [0.4, 0.5) is 5.88 Å². The van der Waals surface area contributed by atoms with Gasteiger partial charge in [0.2, 0.25) is 5.88 Å². The highest BCUT2D eigenvalue weighted by Gasteiger charge is 2.14. The SMILES string of the molecule is CCc1c(-c2ccc(Br)s2)noc1N. The summed E-state index contributed by atoms with van der Waals surface area (Å²) in [5, 5.41) is 3.96. The molecule has 0 saturated carbocycles. The molecule has 74 valence electrons. The summed E-state index contributed by atoms with van der Waals surface area (Å²) in [7, 11) is 0. The fraction of sp³-hybridized carbons (Fsp3) is 0.222. The second kappa shape index (κ2) is 3.74. The van der Waals surface area contributed by atoms with Gasteiger partial charge in [0, 0.05) is 5.56 Å². The molecule has 0 bridgehead atoms. The van der Waals surface area contributed by atoms with Crippen LogP contribution in [0.5, 0.6) is 0 Å². The first-order chi connectivity index (χ1) is 6.72. The van der Waals surface area contributed by atoms with Crippen LogP contribution in [0.2, 0.25) is 0 Å². The Balaban J connectivity index is 2.51. The number of hydrogen-bond donors (Lipinski definition) is 1. The van der Waals surface area contributed by atoms with E-state index in [0.29, 0.717) is 5.88 Å². The van der Waals surface area contributed by atoms with E-state index in [2.05, 4.69) is 21.1 Å². The zero-order valence-corrected chi connectivity index (χ0v) is 9.98. The summed E-state index contributed by atoms with van der Waals surface area (Å²) in [5.41, 5.74) is 7.51. The summed E-state index contributed by atoms with van der Waals surface area (Å²) in [4.78, 5) is 1.08. The fourth-order valence-electron chi connectivity index (χ4n) is 1.30.